The summed E-state index contributed by atoms with van der Waals surface area (Å²) in [5, 5.41) is 8.03. The molecule has 104 valence electrons. The first-order chi connectivity index (χ1) is 10.3. The van der Waals surface area contributed by atoms with E-state index in [-0.39, 0.29) is 5.78 Å². The van der Waals surface area contributed by atoms with Crippen LogP contribution in [0.2, 0.25) is 0 Å². The van der Waals surface area contributed by atoms with Gasteiger partial charge >= 0.3 is 0 Å². The lowest BCUT2D eigenvalue weighted by atomic mass is 10.1. The molecule has 0 radical (unpaired) electrons. The average Bonchev–Trinajstić information content (AvgIpc) is 3.22. The third-order valence-corrected chi connectivity index (χ3v) is 3.74. The van der Waals surface area contributed by atoms with Crippen molar-refractivity contribution in [2.24, 2.45) is 0 Å². The Morgan fingerprint density at radius 3 is 2.52 bits per heavy atom. The monoisotopic (exact) mass is 279 g/mol. The number of para-hydroxylation sites is 1. The van der Waals surface area contributed by atoms with Gasteiger partial charge in [-0.25, -0.2) is 0 Å². The molecule has 0 bridgehead atoms. The maximum atomic E-state index is 12.6. The third-order valence-electron chi connectivity index (χ3n) is 3.74. The summed E-state index contributed by atoms with van der Waals surface area (Å²) in [6, 6.07) is 16.7. The number of nitrogens with zero attached hydrogens (tertiary/aromatic N) is 3. The topological polar surface area (TPSA) is 57.0 Å². The number of Topliss-reactive ketones (excluding diaryl/α,β-unsaturated/α-hetero) is 1. The summed E-state index contributed by atoms with van der Waals surface area (Å²) >= 11 is 0. The zero-order chi connectivity index (χ0) is 14.3. The van der Waals surface area contributed by atoms with Crippen LogP contribution in [-0.2, 0) is 0 Å². The quantitative estimate of drug-likeness (QED) is 0.687. The first-order valence-corrected chi connectivity index (χ1v) is 6.88. The van der Waals surface area contributed by atoms with Gasteiger partial charge in [-0.3, -0.25) is 4.79 Å². The van der Waals surface area contributed by atoms with Crippen LogP contribution in [0.3, 0.4) is 0 Å². The molecule has 2 aromatic carbocycles. The van der Waals surface area contributed by atoms with E-state index in [1.807, 2.05) is 54.6 Å². The van der Waals surface area contributed by atoms with Crippen LogP contribution in [0.4, 0.5) is 0 Å². The van der Waals surface area contributed by atoms with Crippen LogP contribution in [0.25, 0.3) is 11.0 Å². The summed E-state index contributed by atoms with van der Waals surface area (Å²) in [6.45, 7) is 0. The zero-order valence-electron chi connectivity index (χ0n) is 11.3. The first-order valence-electron chi connectivity index (χ1n) is 6.88. The molecule has 5 heteroatoms. The second-order valence-electron chi connectivity index (χ2n) is 5.23. The van der Waals surface area contributed by atoms with E-state index >= 15 is 0 Å². The van der Waals surface area contributed by atoms with Crippen LogP contribution in [0.5, 0.6) is 0 Å². The highest BCUT2D eigenvalue weighted by atomic mass is 16.7. The minimum Gasteiger partial charge on any atom is -0.380 e. The van der Waals surface area contributed by atoms with Gasteiger partial charge in [0.05, 0.1) is 0 Å². The lowest BCUT2D eigenvalue weighted by molar-refractivity contribution is 0.00768. The predicted molar refractivity (Wildman–Crippen MR) is 76.8 cm³/mol. The van der Waals surface area contributed by atoms with Crippen molar-refractivity contribution in [1.29, 1.82) is 0 Å². The Morgan fingerprint density at radius 1 is 1.05 bits per heavy atom. The number of benzene rings is 2. The maximum Gasteiger partial charge on any atom is 0.209 e. The summed E-state index contributed by atoms with van der Waals surface area (Å²) in [6.07, 6.45) is 1.41. The minimum absolute atomic E-state index is 0.00248. The molecule has 1 aliphatic rings. The van der Waals surface area contributed by atoms with Gasteiger partial charge < -0.3 is 4.84 Å². The minimum atomic E-state index is -0.794. The standard InChI is InChI=1S/C16H13N3O2/c20-15(12-6-2-1-3-7-12)16(10-11-16)21-19-14-9-5-4-8-13(14)17-18-19/h1-9H,10-11H2. The normalized spacial score (nSPS) is 15.8. The SMILES string of the molecule is O=C(c1ccccc1)C1(On2nnc3ccccc32)CC1. The Bertz CT molecular complexity index is 807. The van der Waals surface area contributed by atoms with Gasteiger partial charge in [0.2, 0.25) is 5.78 Å². The van der Waals surface area contributed by atoms with E-state index in [0.717, 1.165) is 11.0 Å². The molecular weight excluding hydrogens is 266 g/mol. The Kier molecular flexibility index (Phi) is 2.54. The van der Waals surface area contributed by atoms with Crippen molar-refractivity contribution in [3.8, 4) is 0 Å². The Labute approximate surface area is 121 Å². The summed E-state index contributed by atoms with van der Waals surface area (Å²) in [5.74, 6) is 0.00248. The lowest BCUT2D eigenvalue weighted by Crippen LogP contribution is -2.36. The molecule has 0 saturated heterocycles. The van der Waals surface area contributed by atoms with E-state index in [4.69, 9.17) is 4.84 Å². The van der Waals surface area contributed by atoms with Crippen molar-refractivity contribution in [3.63, 3.8) is 0 Å². The van der Waals surface area contributed by atoms with E-state index in [0.29, 0.717) is 18.4 Å². The summed E-state index contributed by atoms with van der Waals surface area (Å²) < 4.78 is 0. The largest absolute Gasteiger partial charge is 0.380 e. The van der Waals surface area contributed by atoms with Crippen LogP contribution in [0.1, 0.15) is 23.2 Å². The molecule has 1 saturated carbocycles. The van der Waals surface area contributed by atoms with Crippen molar-refractivity contribution < 1.29 is 9.63 Å². The number of fused-ring (bicyclic) bond motifs is 1. The number of ketones is 1. The molecule has 0 N–H and O–H groups in total. The van der Waals surface area contributed by atoms with Gasteiger partial charge in [-0.05, 0) is 17.3 Å². The maximum absolute atomic E-state index is 12.6. The van der Waals surface area contributed by atoms with Crippen LogP contribution < -0.4 is 4.84 Å². The van der Waals surface area contributed by atoms with Crippen LogP contribution in [-0.4, -0.2) is 26.5 Å². The summed E-state index contributed by atoms with van der Waals surface area (Å²) in [7, 11) is 0. The van der Waals surface area contributed by atoms with E-state index in [1.54, 1.807) is 0 Å². The van der Waals surface area contributed by atoms with Crippen molar-refractivity contribution in [3.05, 3.63) is 60.2 Å². The van der Waals surface area contributed by atoms with Crippen molar-refractivity contribution >= 4 is 16.8 Å². The van der Waals surface area contributed by atoms with Gasteiger partial charge in [-0.1, -0.05) is 47.3 Å². The third kappa shape index (κ3) is 1.98. The molecular formula is C16H13N3O2. The molecule has 0 aliphatic heterocycles. The molecule has 1 aromatic heterocycles. The number of carbonyl (C=O) groups excluding carboxylic acids is 1. The molecule has 1 fully saturated rings. The van der Waals surface area contributed by atoms with Gasteiger partial charge in [0.1, 0.15) is 11.0 Å². The smallest absolute Gasteiger partial charge is 0.209 e. The van der Waals surface area contributed by atoms with Crippen LogP contribution >= 0.6 is 0 Å². The van der Waals surface area contributed by atoms with E-state index in [1.165, 1.54) is 4.85 Å². The molecule has 5 nitrogen and oxygen atoms in total. The summed E-state index contributed by atoms with van der Waals surface area (Å²) in [5.41, 5.74) is 1.39. The highest BCUT2D eigenvalue weighted by Crippen LogP contribution is 2.40. The molecule has 3 aromatic rings. The lowest BCUT2D eigenvalue weighted by Gasteiger charge is -2.15. The highest BCUT2D eigenvalue weighted by Gasteiger charge is 2.54. The van der Waals surface area contributed by atoms with Gasteiger partial charge in [0, 0.05) is 18.4 Å². The van der Waals surface area contributed by atoms with Gasteiger partial charge in [0.15, 0.2) is 5.60 Å². The Balaban J connectivity index is 1.66. The predicted octanol–water partition coefficient (Wildman–Crippen LogP) is 2.28. The van der Waals surface area contributed by atoms with E-state index in [9.17, 15) is 4.79 Å². The molecule has 1 aliphatic carbocycles. The van der Waals surface area contributed by atoms with Gasteiger partial charge in [-0.15, -0.1) is 5.10 Å². The highest BCUT2D eigenvalue weighted by molar-refractivity contribution is 6.04. The van der Waals surface area contributed by atoms with E-state index < -0.39 is 5.60 Å². The average molecular weight is 279 g/mol. The molecule has 0 spiro atoms. The number of carbonyl (C=O) groups is 1. The van der Waals surface area contributed by atoms with Crippen LogP contribution in [0.15, 0.2) is 54.6 Å². The fraction of sp³-hybridized carbons (Fsp3) is 0.188. The first kappa shape index (κ1) is 12.1. The number of hydrogen-bond donors (Lipinski definition) is 0. The van der Waals surface area contributed by atoms with Crippen molar-refractivity contribution in [2.45, 2.75) is 18.4 Å². The molecule has 0 amide bonds. The molecule has 0 atom stereocenters. The molecule has 21 heavy (non-hydrogen) atoms. The molecule has 1 heterocycles. The summed E-state index contributed by atoms with van der Waals surface area (Å²) in [4.78, 5) is 19.8. The Morgan fingerprint density at radius 2 is 1.76 bits per heavy atom. The second kappa shape index (κ2) is 4.41. The second-order valence-corrected chi connectivity index (χ2v) is 5.23. The van der Waals surface area contributed by atoms with Crippen molar-refractivity contribution in [2.75, 3.05) is 0 Å². The number of aromatic nitrogens is 3. The number of hydrogen-bond acceptors (Lipinski definition) is 4. The van der Waals surface area contributed by atoms with Gasteiger partial charge in [-0.2, -0.15) is 0 Å². The fourth-order valence-electron chi connectivity index (χ4n) is 2.41. The molecule has 0 unspecified atom stereocenters. The molecule has 4 rings (SSSR count). The van der Waals surface area contributed by atoms with E-state index in [2.05, 4.69) is 10.3 Å². The van der Waals surface area contributed by atoms with Crippen LogP contribution in [0, 0.1) is 0 Å². The van der Waals surface area contributed by atoms with Crippen molar-refractivity contribution in [1.82, 2.24) is 15.2 Å². The number of rotatable bonds is 4. The Hall–Kier alpha value is -2.69. The van der Waals surface area contributed by atoms with Gasteiger partial charge in [0.25, 0.3) is 0 Å². The zero-order valence-corrected chi connectivity index (χ0v) is 11.3. The fourth-order valence-corrected chi connectivity index (χ4v) is 2.41.